The molecule has 1 aromatic carbocycles. The Hall–Kier alpha value is -2.63. The van der Waals surface area contributed by atoms with Crippen LogP contribution in [0.3, 0.4) is 0 Å². The predicted octanol–water partition coefficient (Wildman–Crippen LogP) is 2.62. The summed E-state index contributed by atoms with van der Waals surface area (Å²) in [5.74, 6) is -0.978. The largest absolute Gasteiger partial charge is 0.481 e. The van der Waals surface area contributed by atoms with E-state index in [0.29, 0.717) is 0 Å². The molecule has 0 aliphatic carbocycles. The number of hydrogen-bond acceptors (Lipinski definition) is 5. The third kappa shape index (κ3) is 5.81. The molecule has 1 rings (SSSR count). The van der Waals surface area contributed by atoms with Gasteiger partial charge in [-0.1, -0.05) is 46.7 Å². The van der Waals surface area contributed by atoms with Crippen molar-refractivity contribution >= 4 is 23.5 Å². The van der Waals surface area contributed by atoms with Crippen molar-refractivity contribution in [3.63, 3.8) is 0 Å². The molecule has 0 amide bonds. The summed E-state index contributed by atoms with van der Waals surface area (Å²) in [6.07, 6.45) is 3.39. The highest BCUT2D eigenvalue weighted by molar-refractivity contribution is 6.10. The van der Waals surface area contributed by atoms with Gasteiger partial charge < -0.3 is 15.5 Å². The van der Waals surface area contributed by atoms with E-state index in [-0.39, 0.29) is 30.7 Å². The molecule has 0 saturated carbocycles. The van der Waals surface area contributed by atoms with Gasteiger partial charge in [-0.05, 0) is 18.1 Å². The fraction of sp³-hybridized carbons (Fsp3) is 0.214. The SMILES string of the molecule is O=C(O)CC/C(CC(/C=C/c1ccccc1)=N\O)=N/O. The van der Waals surface area contributed by atoms with Crippen molar-refractivity contribution in [1.82, 2.24) is 0 Å². The normalized spacial score (nSPS) is 12.8. The van der Waals surface area contributed by atoms with Crippen LogP contribution in [0.5, 0.6) is 0 Å². The Bertz CT molecular complexity index is 521. The lowest BCUT2D eigenvalue weighted by atomic mass is 10.1. The third-order valence-corrected chi connectivity index (χ3v) is 2.55. The number of nitrogens with zero attached hydrogens (tertiary/aromatic N) is 2. The van der Waals surface area contributed by atoms with Crippen molar-refractivity contribution < 1.29 is 20.3 Å². The molecule has 0 atom stereocenters. The van der Waals surface area contributed by atoms with Gasteiger partial charge in [0.05, 0.1) is 17.8 Å². The maximum Gasteiger partial charge on any atom is 0.303 e. The van der Waals surface area contributed by atoms with Gasteiger partial charge in [-0.15, -0.1) is 0 Å². The molecule has 6 nitrogen and oxygen atoms in total. The highest BCUT2D eigenvalue weighted by atomic mass is 16.4. The molecule has 106 valence electrons. The molecule has 0 saturated heterocycles. The topological polar surface area (TPSA) is 102 Å². The molecule has 0 heterocycles. The van der Waals surface area contributed by atoms with Gasteiger partial charge in [-0.25, -0.2) is 0 Å². The Morgan fingerprint density at radius 1 is 1.10 bits per heavy atom. The monoisotopic (exact) mass is 276 g/mol. The zero-order valence-corrected chi connectivity index (χ0v) is 10.8. The summed E-state index contributed by atoms with van der Waals surface area (Å²) in [7, 11) is 0. The van der Waals surface area contributed by atoms with E-state index in [1.54, 1.807) is 12.2 Å². The maximum atomic E-state index is 10.5. The van der Waals surface area contributed by atoms with Crippen LogP contribution in [0.1, 0.15) is 24.8 Å². The summed E-state index contributed by atoms with van der Waals surface area (Å²) in [6, 6.07) is 9.42. The average molecular weight is 276 g/mol. The van der Waals surface area contributed by atoms with Crippen LogP contribution < -0.4 is 0 Å². The van der Waals surface area contributed by atoms with Crippen molar-refractivity contribution in [2.75, 3.05) is 0 Å². The summed E-state index contributed by atoms with van der Waals surface area (Å²) in [4.78, 5) is 10.5. The van der Waals surface area contributed by atoms with Crippen LogP contribution in [0, 0.1) is 0 Å². The van der Waals surface area contributed by atoms with Crippen molar-refractivity contribution in [1.29, 1.82) is 0 Å². The molecule has 3 N–H and O–H groups in total. The first-order valence-electron chi connectivity index (χ1n) is 6.01. The first kappa shape index (κ1) is 15.4. The number of aliphatic carboxylic acids is 1. The van der Waals surface area contributed by atoms with E-state index < -0.39 is 5.97 Å². The number of benzene rings is 1. The van der Waals surface area contributed by atoms with E-state index in [1.807, 2.05) is 30.3 Å². The first-order valence-corrected chi connectivity index (χ1v) is 6.01. The van der Waals surface area contributed by atoms with Gasteiger partial charge in [0.2, 0.25) is 0 Å². The summed E-state index contributed by atoms with van der Waals surface area (Å²) >= 11 is 0. The van der Waals surface area contributed by atoms with Gasteiger partial charge in [-0.2, -0.15) is 0 Å². The number of carboxylic acid groups (broad SMARTS) is 1. The summed E-state index contributed by atoms with van der Waals surface area (Å²) in [5, 5.41) is 32.4. The van der Waals surface area contributed by atoms with Crippen molar-refractivity contribution in [3.8, 4) is 0 Å². The summed E-state index contributed by atoms with van der Waals surface area (Å²) < 4.78 is 0. The lowest BCUT2D eigenvalue weighted by molar-refractivity contribution is -0.136. The number of carboxylic acids is 1. The van der Waals surface area contributed by atoms with Crippen LogP contribution in [-0.2, 0) is 4.79 Å². The van der Waals surface area contributed by atoms with Gasteiger partial charge in [0.15, 0.2) is 0 Å². The van der Waals surface area contributed by atoms with Gasteiger partial charge >= 0.3 is 5.97 Å². The Morgan fingerprint density at radius 2 is 1.80 bits per heavy atom. The van der Waals surface area contributed by atoms with Crippen LogP contribution >= 0.6 is 0 Å². The van der Waals surface area contributed by atoms with E-state index in [4.69, 9.17) is 15.5 Å². The lowest BCUT2D eigenvalue weighted by Crippen LogP contribution is -2.09. The second-order valence-corrected chi connectivity index (χ2v) is 4.07. The molecule has 0 spiro atoms. The second kappa shape index (κ2) is 8.47. The first-order chi connectivity index (χ1) is 9.65. The Morgan fingerprint density at radius 3 is 2.35 bits per heavy atom. The van der Waals surface area contributed by atoms with Gasteiger partial charge in [-0.3, -0.25) is 4.79 Å². The molecule has 0 unspecified atom stereocenters. The fourth-order valence-corrected chi connectivity index (χ4v) is 1.52. The van der Waals surface area contributed by atoms with E-state index in [2.05, 4.69) is 10.3 Å². The number of hydrogen-bond donors (Lipinski definition) is 3. The molecule has 20 heavy (non-hydrogen) atoms. The van der Waals surface area contributed by atoms with E-state index in [9.17, 15) is 4.79 Å². The summed E-state index contributed by atoms with van der Waals surface area (Å²) in [6.45, 7) is 0. The van der Waals surface area contributed by atoms with Crippen LogP contribution in [0.4, 0.5) is 0 Å². The van der Waals surface area contributed by atoms with Gasteiger partial charge in [0, 0.05) is 6.42 Å². The van der Waals surface area contributed by atoms with Gasteiger partial charge in [0.1, 0.15) is 0 Å². The Balaban J connectivity index is 2.63. The van der Waals surface area contributed by atoms with Crippen molar-refractivity contribution in [3.05, 3.63) is 42.0 Å². The van der Waals surface area contributed by atoms with Crippen molar-refractivity contribution in [2.45, 2.75) is 19.3 Å². The minimum absolute atomic E-state index is 0.0869. The van der Waals surface area contributed by atoms with Crippen LogP contribution in [-0.4, -0.2) is 32.9 Å². The highest BCUT2D eigenvalue weighted by Crippen LogP contribution is 2.05. The molecule has 0 fully saturated rings. The molecule has 0 radical (unpaired) electrons. The molecule has 0 bridgehead atoms. The van der Waals surface area contributed by atoms with Crippen LogP contribution in [0.25, 0.3) is 6.08 Å². The molecule has 0 aromatic heterocycles. The maximum absolute atomic E-state index is 10.5. The zero-order valence-electron chi connectivity index (χ0n) is 10.8. The standard InChI is InChI=1S/C14H16N2O4/c17-14(18)9-8-13(16-20)10-12(15-19)7-6-11-4-2-1-3-5-11/h1-7,19-20H,8-10H2,(H,17,18)/b7-6+,15-12-,16-13-. The number of allylic oxidation sites excluding steroid dienone is 1. The van der Waals surface area contributed by atoms with E-state index in [0.717, 1.165) is 5.56 Å². The molecular formula is C14H16N2O4. The van der Waals surface area contributed by atoms with Crippen LogP contribution in [0.2, 0.25) is 0 Å². The predicted molar refractivity (Wildman–Crippen MR) is 75.4 cm³/mol. The molecular weight excluding hydrogens is 260 g/mol. The minimum Gasteiger partial charge on any atom is -0.481 e. The fourth-order valence-electron chi connectivity index (χ4n) is 1.52. The molecule has 0 aliphatic rings. The smallest absolute Gasteiger partial charge is 0.303 e. The number of carbonyl (C=O) groups is 1. The third-order valence-electron chi connectivity index (χ3n) is 2.55. The van der Waals surface area contributed by atoms with Gasteiger partial charge in [0.25, 0.3) is 0 Å². The lowest BCUT2D eigenvalue weighted by Gasteiger charge is -2.02. The molecule has 1 aromatic rings. The Labute approximate surface area is 116 Å². The minimum atomic E-state index is -0.978. The highest BCUT2D eigenvalue weighted by Gasteiger charge is 2.07. The quantitative estimate of drug-likeness (QED) is 0.404. The number of rotatable bonds is 7. The number of oxime groups is 2. The van der Waals surface area contributed by atoms with E-state index in [1.165, 1.54) is 0 Å². The molecule has 0 aliphatic heterocycles. The van der Waals surface area contributed by atoms with Crippen LogP contribution in [0.15, 0.2) is 46.7 Å². The Kier molecular flexibility index (Phi) is 6.53. The second-order valence-electron chi connectivity index (χ2n) is 4.07. The summed E-state index contributed by atoms with van der Waals surface area (Å²) in [5.41, 5.74) is 1.46. The average Bonchev–Trinajstić information content (AvgIpc) is 2.47. The molecule has 6 heteroatoms. The zero-order chi connectivity index (χ0) is 14.8. The van der Waals surface area contributed by atoms with E-state index >= 15 is 0 Å². The van der Waals surface area contributed by atoms with Crippen molar-refractivity contribution in [2.24, 2.45) is 10.3 Å².